The van der Waals surface area contributed by atoms with Crippen LogP contribution in [0, 0.1) is 17.0 Å². The van der Waals surface area contributed by atoms with Crippen molar-refractivity contribution in [1.29, 1.82) is 5.41 Å². The largest absolute Gasteiger partial charge is 0.494 e. The molecule has 9 nitrogen and oxygen atoms in total. The van der Waals surface area contributed by atoms with E-state index < -0.39 is 17.2 Å². The molecule has 1 aliphatic carbocycles. The Hall–Kier alpha value is -4.41. The smallest absolute Gasteiger partial charge is 0.264 e. The first-order chi connectivity index (χ1) is 17.4. The van der Waals surface area contributed by atoms with Crippen LogP contribution in [0.2, 0.25) is 0 Å². The third-order valence-corrected chi connectivity index (χ3v) is 6.37. The minimum atomic E-state index is -0.623. The van der Waals surface area contributed by atoms with E-state index in [1.54, 1.807) is 6.07 Å². The maximum atomic E-state index is 14.5. The SMILES string of the molecule is COc1ccc(C(=N)c2c(N)ncnc2NCc2nc3cccc(F)c3c(=O)n2C2CCC2)cc1F. The van der Waals surface area contributed by atoms with Gasteiger partial charge in [-0.05, 0) is 49.6 Å². The topological polar surface area (TPSA) is 132 Å². The number of hydrogen-bond donors (Lipinski definition) is 3. The number of ether oxygens (including phenoxy) is 1. The number of benzene rings is 2. The molecular weight excluding hydrogens is 468 g/mol. The van der Waals surface area contributed by atoms with Gasteiger partial charge in [0.2, 0.25) is 0 Å². The van der Waals surface area contributed by atoms with Crippen molar-refractivity contribution in [3.63, 3.8) is 0 Å². The van der Waals surface area contributed by atoms with Gasteiger partial charge in [0.25, 0.3) is 5.56 Å². The van der Waals surface area contributed by atoms with Gasteiger partial charge < -0.3 is 15.8 Å². The second-order valence-corrected chi connectivity index (χ2v) is 8.48. The van der Waals surface area contributed by atoms with E-state index in [-0.39, 0.29) is 57.7 Å². The van der Waals surface area contributed by atoms with Crippen LogP contribution in [0.5, 0.6) is 5.75 Å². The fourth-order valence-corrected chi connectivity index (χ4v) is 4.30. The quantitative estimate of drug-likeness (QED) is 0.335. The highest BCUT2D eigenvalue weighted by Gasteiger charge is 2.26. The summed E-state index contributed by atoms with van der Waals surface area (Å²) in [5, 5.41) is 11.7. The molecule has 11 heteroatoms. The fraction of sp³-hybridized carbons (Fsp3) is 0.240. The van der Waals surface area contributed by atoms with Gasteiger partial charge in [-0.2, -0.15) is 0 Å². The van der Waals surface area contributed by atoms with Crippen LogP contribution in [-0.4, -0.2) is 32.3 Å². The molecule has 2 heterocycles. The molecule has 1 fully saturated rings. The number of nitrogens with zero attached hydrogens (tertiary/aromatic N) is 4. The van der Waals surface area contributed by atoms with Crippen LogP contribution >= 0.6 is 0 Å². The standard InChI is InChI=1S/C25H23F2N7O2/c1-36-18-9-8-13(10-16(18)27)22(28)21-23(29)31-12-32-24(21)30-11-19-33-17-7-3-6-15(26)20(17)25(35)34(19)14-4-2-5-14/h3,6-10,12,14,28H,2,4-5,11H2,1H3,(H3,29,30,31,32). The Bertz CT molecular complexity index is 1550. The van der Waals surface area contributed by atoms with Crippen LogP contribution in [0.1, 0.15) is 42.3 Å². The molecule has 4 aromatic rings. The highest BCUT2D eigenvalue weighted by atomic mass is 19.1. The predicted octanol–water partition coefficient (Wildman–Crippen LogP) is 3.81. The second kappa shape index (κ2) is 9.33. The summed E-state index contributed by atoms with van der Waals surface area (Å²) < 4.78 is 35.2. The zero-order valence-corrected chi connectivity index (χ0v) is 19.4. The highest BCUT2D eigenvalue weighted by Crippen LogP contribution is 2.32. The van der Waals surface area contributed by atoms with Crippen LogP contribution in [-0.2, 0) is 6.54 Å². The second-order valence-electron chi connectivity index (χ2n) is 8.48. The Kier molecular flexibility index (Phi) is 6.05. The normalized spacial score (nSPS) is 13.4. The average molecular weight is 492 g/mol. The number of methoxy groups -OCH3 is 1. The van der Waals surface area contributed by atoms with Crippen molar-refractivity contribution in [2.45, 2.75) is 31.8 Å². The van der Waals surface area contributed by atoms with Crippen LogP contribution < -0.4 is 21.3 Å². The lowest BCUT2D eigenvalue weighted by Gasteiger charge is -2.30. The van der Waals surface area contributed by atoms with Crippen LogP contribution in [0.25, 0.3) is 10.9 Å². The molecule has 2 aromatic carbocycles. The van der Waals surface area contributed by atoms with Gasteiger partial charge >= 0.3 is 0 Å². The van der Waals surface area contributed by atoms with Gasteiger partial charge in [-0.25, -0.2) is 23.7 Å². The lowest BCUT2D eigenvalue weighted by atomic mass is 9.92. The third-order valence-electron chi connectivity index (χ3n) is 6.37. The van der Waals surface area contributed by atoms with Gasteiger partial charge in [-0.1, -0.05) is 6.07 Å². The molecule has 2 aromatic heterocycles. The third kappa shape index (κ3) is 4.02. The summed E-state index contributed by atoms with van der Waals surface area (Å²) in [5.74, 6) is -0.524. The maximum absolute atomic E-state index is 14.5. The maximum Gasteiger partial charge on any atom is 0.264 e. The summed E-state index contributed by atoms with van der Waals surface area (Å²) in [6.45, 7) is 0.0614. The number of hydrogen-bond acceptors (Lipinski definition) is 8. The summed E-state index contributed by atoms with van der Waals surface area (Å²) in [7, 11) is 1.35. The Morgan fingerprint density at radius 3 is 2.72 bits per heavy atom. The zero-order chi connectivity index (χ0) is 25.4. The minimum absolute atomic E-state index is 0.0265. The van der Waals surface area contributed by atoms with Gasteiger partial charge in [0.05, 0.1) is 30.4 Å². The Morgan fingerprint density at radius 2 is 2.03 bits per heavy atom. The lowest BCUT2D eigenvalue weighted by Crippen LogP contribution is -2.34. The molecule has 1 saturated carbocycles. The number of anilines is 2. The molecular formula is C25H23F2N7O2. The Balaban J connectivity index is 1.52. The van der Waals surface area contributed by atoms with Gasteiger partial charge in [-0.15, -0.1) is 0 Å². The van der Waals surface area contributed by atoms with Crippen LogP contribution in [0.15, 0.2) is 47.5 Å². The van der Waals surface area contributed by atoms with Crippen molar-refractivity contribution in [1.82, 2.24) is 19.5 Å². The first-order valence-electron chi connectivity index (χ1n) is 11.4. The highest BCUT2D eigenvalue weighted by molar-refractivity contribution is 6.16. The molecule has 184 valence electrons. The molecule has 0 amide bonds. The van der Waals surface area contributed by atoms with Crippen molar-refractivity contribution < 1.29 is 13.5 Å². The minimum Gasteiger partial charge on any atom is -0.494 e. The molecule has 0 atom stereocenters. The number of nitrogens with one attached hydrogen (secondary N) is 2. The summed E-state index contributed by atoms with van der Waals surface area (Å²) in [6, 6.07) is 8.41. The summed E-state index contributed by atoms with van der Waals surface area (Å²) in [5.41, 5.74) is 6.25. The van der Waals surface area contributed by atoms with Crippen molar-refractivity contribution >= 4 is 28.3 Å². The molecule has 0 bridgehead atoms. The fourth-order valence-electron chi connectivity index (χ4n) is 4.30. The molecule has 0 saturated heterocycles. The van der Waals surface area contributed by atoms with Crippen LogP contribution in [0.3, 0.4) is 0 Å². The number of nitrogen functional groups attached to an aromatic ring is 1. The molecule has 1 aliphatic rings. The number of nitrogens with two attached hydrogens (primary N) is 1. The molecule has 0 aliphatic heterocycles. The molecule has 5 rings (SSSR count). The lowest BCUT2D eigenvalue weighted by molar-refractivity contribution is 0.297. The van der Waals surface area contributed by atoms with Gasteiger partial charge in [0.15, 0.2) is 11.6 Å². The van der Waals surface area contributed by atoms with Gasteiger partial charge in [0, 0.05) is 11.6 Å². The summed E-state index contributed by atoms with van der Waals surface area (Å²) >= 11 is 0. The van der Waals surface area contributed by atoms with E-state index in [9.17, 15) is 13.6 Å². The monoisotopic (exact) mass is 491 g/mol. The number of rotatable bonds is 7. The van der Waals surface area contributed by atoms with Crippen molar-refractivity contribution in [2.75, 3.05) is 18.2 Å². The number of fused-ring (bicyclic) bond motifs is 1. The Morgan fingerprint density at radius 1 is 1.22 bits per heavy atom. The van der Waals surface area contributed by atoms with E-state index in [0.717, 1.165) is 19.3 Å². The van der Waals surface area contributed by atoms with Crippen molar-refractivity contribution in [3.8, 4) is 5.75 Å². The van der Waals surface area contributed by atoms with E-state index >= 15 is 0 Å². The first kappa shape index (κ1) is 23.3. The molecule has 36 heavy (non-hydrogen) atoms. The average Bonchev–Trinajstić information content (AvgIpc) is 2.83. The molecule has 4 N–H and O–H groups in total. The van der Waals surface area contributed by atoms with Crippen molar-refractivity contribution in [3.05, 3.63) is 81.7 Å². The van der Waals surface area contributed by atoms with Crippen LogP contribution in [0.4, 0.5) is 20.4 Å². The zero-order valence-electron chi connectivity index (χ0n) is 19.4. The van der Waals surface area contributed by atoms with E-state index in [2.05, 4.69) is 20.3 Å². The number of aromatic nitrogens is 4. The molecule has 0 radical (unpaired) electrons. The van der Waals surface area contributed by atoms with Gasteiger partial charge in [0.1, 0.15) is 35.0 Å². The van der Waals surface area contributed by atoms with E-state index in [1.165, 1.54) is 48.3 Å². The number of halogens is 2. The van der Waals surface area contributed by atoms with Gasteiger partial charge in [-0.3, -0.25) is 14.8 Å². The first-order valence-corrected chi connectivity index (χ1v) is 11.4. The van der Waals surface area contributed by atoms with E-state index in [4.69, 9.17) is 15.9 Å². The predicted molar refractivity (Wildman–Crippen MR) is 132 cm³/mol. The summed E-state index contributed by atoms with van der Waals surface area (Å²) in [4.78, 5) is 26.0. The van der Waals surface area contributed by atoms with E-state index in [1.807, 2.05) is 0 Å². The molecule has 0 spiro atoms. The summed E-state index contributed by atoms with van der Waals surface area (Å²) in [6.07, 6.45) is 3.81. The van der Waals surface area contributed by atoms with E-state index in [0.29, 0.717) is 5.82 Å². The Labute approximate surface area is 204 Å². The molecule has 0 unspecified atom stereocenters. The van der Waals surface area contributed by atoms with Crippen molar-refractivity contribution in [2.24, 2.45) is 0 Å².